The van der Waals surface area contributed by atoms with E-state index >= 15 is 0 Å². The molecule has 0 aliphatic carbocycles. The molecule has 0 radical (unpaired) electrons. The van der Waals surface area contributed by atoms with Crippen molar-refractivity contribution in [3.05, 3.63) is 55.7 Å². The summed E-state index contributed by atoms with van der Waals surface area (Å²) in [6.45, 7) is 0. The highest BCUT2D eigenvalue weighted by Crippen LogP contribution is 2.12. The second kappa shape index (κ2) is 7.57. The highest BCUT2D eigenvalue weighted by atomic mass is 35.5. The molecule has 10 heteroatoms. The fraction of sp³-hybridized carbons (Fsp3) is 0.0833. The Kier molecular flexibility index (Phi) is 5.50. The molecule has 0 bridgehead atoms. The van der Waals surface area contributed by atoms with E-state index in [-0.39, 0.29) is 10.8 Å². The Morgan fingerprint density at radius 2 is 2.18 bits per heavy atom. The average Bonchev–Trinajstić information content (AvgIpc) is 2.48. The number of aromatic nitrogens is 3. The Bertz CT molecular complexity index is 817. The minimum absolute atomic E-state index is 0.00941. The van der Waals surface area contributed by atoms with Gasteiger partial charge in [-0.15, -0.1) is 0 Å². The van der Waals surface area contributed by atoms with E-state index in [0.29, 0.717) is 10.6 Å². The van der Waals surface area contributed by atoms with E-state index in [0.717, 1.165) is 11.8 Å². The summed E-state index contributed by atoms with van der Waals surface area (Å²) in [6.07, 6.45) is 1.41. The summed E-state index contributed by atoms with van der Waals surface area (Å²) in [5, 5.41) is 9.88. The number of hydrazone groups is 1. The zero-order valence-corrected chi connectivity index (χ0v) is 12.6. The number of halogens is 1. The second-order valence-electron chi connectivity index (χ2n) is 3.92. The molecule has 2 rings (SSSR count). The third-order valence-electron chi connectivity index (χ3n) is 2.32. The second-order valence-corrected chi connectivity index (χ2v) is 5.29. The Hall–Kier alpha value is -2.39. The summed E-state index contributed by atoms with van der Waals surface area (Å²) < 4.78 is 0. The molecule has 1 heterocycles. The Balaban J connectivity index is 1.87. The first kappa shape index (κ1) is 16.0. The number of aromatic amines is 2. The van der Waals surface area contributed by atoms with E-state index in [2.05, 4.69) is 20.7 Å². The van der Waals surface area contributed by atoms with Crippen molar-refractivity contribution in [2.75, 3.05) is 5.75 Å². The van der Waals surface area contributed by atoms with Crippen LogP contribution in [0.25, 0.3) is 0 Å². The predicted molar refractivity (Wildman–Crippen MR) is 83.4 cm³/mol. The number of hydrogen-bond donors (Lipinski definition) is 3. The van der Waals surface area contributed by atoms with Gasteiger partial charge in [0, 0.05) is 10.6 Å². The molecule has 0 atom stereocenters. The van der Waals surface area contributed by atoms with Crippen molar-refractivity contribution in [3.63, 3.8) is 0 Å². The van der Waals surface area contributed by atoms with Gasteiger partial charge in [-0.1, -0.05) is 41.6 Å². The Labute approximate surface area is 133 Å². The smallest absolute Gasteiger partial charge is 0.272 e. The fourth-order valence-electron chi connectivity index (χ4n) is 1.35. The molecule has 0 fully saturated rings. The van der Waals surface area contributed by atoms with Crippen LogP contribution < -0.4 is 16.7 Å². The zero-order valence-electron chi connectivity index (χ0n) is 11.0. The zero-order chi connectivity index (χ0) is 15.9. The Morgan fingerprint density at radius 3 is 2.91 bits per heavy atom. The molecule has 0 aliphatic rings. The molecular weight excluding hydrogens is 330 g/mol. The SMILES string of the molecule is O=C(CSc1n[nH]c(=O)[nH]c1=O)N/N=C/c1ccccc1Cl. The van der Waals surface area contributed by atoms with Gasteiger partial charge in [0.1, 0.15) is 0 Å². The van der Waals surface area contributed by atoms with Gasteiger partial charge in [0.05, 0.1) is 12.0 Å². The van der Waals surface area contributed by atoms with E-state index in [1.54, 1.807) is 24.3 Å². The van der Waals surface area contributed by atoms with Crippen LogP contribution in [0, 0.1) is 0 Å². The molecule has 0 saturated heterocycles. The number of hydrogen-bond acceptors (Lipinski definition) is 6. The van der Waals surface area contributed by atoms with Crippen LogP contribution >= 0.6 is 23.4 Å². The maximum Gasteiger partial charge on any atom is 0.342 e. The molecule has 2 aromatic rings. The topological polar surface area (TPSA) is 120 Å². The third-order valence-corrected chi connectivity index (χ3v) is 3.62. The number of carbonyl (C=O) groups excluding carboxylic acids is 1. The molecule has 3 N–H and O–H groups in total. The summed E-state index contributed by atoms with van der Waals surface area (Å²) in [6, 6.07) is 7.02. The van der Waals surface area contributed by atoms with Crippen molar-refractivity contribution in [2.45, 2.75) is 5.03 Å². The lowest BCUT2D eigenvalue weighted by molar-refractivity contribution is -0.118. The summed E-state index contributed by atoms with van der Waals surface area (Å²) >= 11 is 6.80. The van der Waals surface area contributed by atoms with Gasteiger partial charge in [0.25, 0.3) is 5.56 Å². The van der Waals surface area contributed by atoms with Gasteiger partial charge in [-0.3, -0.25) is 14.6 Å². The van der Waals surface area contributed by atoms with Crippen molar-refractivity contribution in [2.24, 2.45) is 5.10 Å². The van der Waals surface area contributed by atoms with E-state index < -0.39 is 17.2 Å². The van der Waals surface area contributed by atoms with E-state index in [9.17, 15) is 14.4 Å². The molecule has 8 nitrogen and oxygen atoms in total. The van der Waals surface area contributed by atoms with Gasteiger partial charge < -0.3 is 0 Å². The summed E-state index contributed by atoms with van der Waals surface area (Å²) in [5.41, 5.74) is 1.60. The van der Waals surface area contributed by atoms with Crippen LogP contribution in [0.4, 0.5) is 0 Å². The molecule has 114 valence electrons. The molecule has 0 spiro atoms. The van der Waals surface area contributed by atoms with Crippen LogP contribution in [0.5, 0.6) is 0 Å². The third kappa shape index (κ3) is 4.57. The van der Waals surface area contributed by atoms with Gasteiger partial charge in [-0.2, -0.15) is 10.2 Å². The largest absolute Gasteiger partial charge is 0.342 e. The number of rotatable bonds is 5. The van der Waals surface area contributed by atoms with Gasteiger partial charge >= 0.3 is 5.69 Å². The standard InChI is InChI=1S/C12H10ClN5O3S/c13-8-4-2-1-3-7(8)5-14-16-9(19)6-22-11-10(20)15-12(21)18-17-11/h1-5H,6H2,(H,16,19)(H2,15,18,20,21)/b14-5+. The minimum Gasteiger partial charge on any atom is -0.272 e. The van der Waals surface area contributed by atoms with Crippen molar-refractivity contribution >= 4 is 35.5 Å². The molecule has 22 heavy (non-hydrogen) atoms. The predicted octanol–water partition coefficient (Wildman–Crippen LogP) is 0.354. The maximum absolute atomic E-state index is 11.6. The maximum atomic E-state index is 11.6. The molecule has 1 amide bonds. The number of amides is 1. The summed E-state index contributed by atoms with van der Waals surface area (Å²) in [7, 11) is 0. The quantitative estimate of drug-likeness (QED) is 0.412. The lowest BCUT2D eigenvalue weighted by atomic mass is 10.2. The molecule has 1 aromatic carbocycles. The number of thioether (sulfide) groups is 1. The molecule has 0 unspecified atom stereocenters. The van der Waals surface area contributed by atoms with Crippen molar-refractivity contribution in [1.82, 2.24) is 20.6 Å². The number of nitrogens with zero attached hydrogens (tertiary/aromatic N) is 2. The molecule has 1 aromatic heterocycles. The number of nitrogens with one attached hydrogen (secondary N) is 3. The first-order chi connectivity index (χ1) is 10.6. The highest BCUT2D eigenvalue weighted by molar-refractivity contribution is 7.99. The van der Waals surface area contributed by atoms with Gasteiger partial charge in [0.2, 0.25) is 5.91 Å². The van der Waals surface area contributed by atoms with E-state index in [1.165, 1.54) is 6.21 Å². The molecular formula is C12H10ClN5O3S. The van der Waals surface area contributed by atoms with E-state index in [4.69, 9.17) is 11.6 Å². The van der Waals surface area contributed by atoms with Gasteiger partial charge in [-0.25, -0.2) is 15.3 Å². The first-order valence-electron chi connectivity index (χ1n) is 5.94. The first-order valence-corrected chi connectivity index (χ1v) is 7.31. The summed E-state index contributed by atoms with van der Waals surface area (Å²) in [4.78, 5) is 35.7. The monoisotopic (exact) mass is 339 g/mol. The van der Waals surface area contributed by atoms with Crippen LogP contribution in [0.2, 0.25) is 5.02 Å². The molecule has 0 saturated carbocycles. The van der Waals surface area contributed by atoms with Crippen molar-refractivity contribution in [1.29, 1.82) is 0 Å². The lowest BCUT2D eigenvalue weighted by Crippen LogP contribution is -2.26. The number of benzene rings is 1. The van der Waals surface area contributed by atoms with Crippen molar-refractivity contribution < 1.29 is 4.79 Å². The fourth-order valence-corrected chi connectivity index (χ4v) is 2.16. The van der Waals surface area contributed by atoms with Crippen LogP contribution in [-0.2, 0) is 4.79 Å². The average molecular weight is 340 g/mol. The minimum atomic E-state index is -0.705. The van der Waals surface area contributed by atoms with Crippen LogP contribution in [0.3, 0.4) is 0 Å². The highest BCUT2D eigenvalue weighted by Gasteiger charge is 2.07. The lowest BCUT2D eigenvalue weighted by Gasteiger charge is -1.99. The summed E-state index contributed by atoms with van der Waals surface area (Å²) in [5.74, 6) is -0.511. The van der Waals surface area contributed by atoms with Gasteiger partial charge in [-0.05, 0) is 6.07 Å². The normalized spacial score (nSPS) is 10.8. The van der Waals surface area contributed by atoms with E-state index in [1.807, 2.05) is 4.98 Å². The molecule has 0 aliphatic heterocycles. The van der Waals surface area contributed by atoms with Crippen LogP contribution in [0.1, 0.15) is 5.56 Å². The van der Waals surface area contributed by atoms with Crippen LogP contribution in [0.15, 0.2) is 44.0 Å². The van der Waals surface area contributed by atoms with Gasteiger partial charge in [0.15, 0.2) is 5.03 Å². The van der Waals surface area contributed by atoms with Crippen LogP contribution in [-0.4, -0.2) is 33.1 Å². The number of carbonyl (C=O) groups is 1. The number of H-pyrrole nitrogens is 2. The van der Waals surface area contributed by atoms with Crippen molar-refractivity contribution in [3.8, 4) is 0 Å². The Morgan fingerprint density at radius 1 is 1.41 bits per heavy atom.